The molecule has 1 aromatic carbocycles. The van der Waals surface area contributed by atoms with Crippen molar-refractivity contribution in [2.24, 2.45) is 17.8 Å². The summed E-state index contributed by atoms with van der Waals surface area (Å²) >= 11 is 0. The summed E-state index contributed by atoms with van der Waals surface area (Å²) in [5.41, 5.74) is -0.223. The molecule has 1 aliphatic rings. The third-order valence-electron chi connectivity index (χ3n) is 4.09. The van der Waals surface area contributed by atoms with Gasteiger partial charge in [0.1, 0.15) is 11.6 Å². The lowest BCUT2D eigenvalue weighted by atomic mass is 9.88. The van der Waals surface area contributed by atoms with Crippen LogP contribution in [0.3, 0.4) is 0 Å². The minimum absolute atomic E-state index is 0.161. The molecule has 0 aromatic heterocycles. The van der Waals surface area contributed by atoms with Crippen LogP contribution in [0.1, 0.15) is 36.5 Å². The van der Waals surface area contributed by atoms with E-state index in [0.717, 1.165) is 18.6 Å². The first-order chi connectivity index (χ1) is 9.43. The number of carboxylic acids is 1. The minimum atomic E-state index is -1.03. The van der Waals surface area contributed by atoms with Crippen LogP contribution in [0.15, 0.2) is 18.2 Å². The Morgan fingerprint density at radius 1 is 1.25 bits per heavy atom. The van der Waals surface area contributed by atoms with Gasteiger partial charge in [-0.25, -0.2) is 8.78 Å². The van der Waals surface area contributed by atoms with Gasteiger partial charge in [0.2, 0.25) is 0 Å². The number of hydrogen-bond acceptors (Lipinski definition) is 2. The normalized spacial score (nSPS) is 25.6. The Morgan fingerprint density at radius 3 is 2.45 bits per heavy atom. The number of carboxylic acid groups (broad SMARTS) is 1. The summed E-state index contributed by atoms with van der Waals surface area (Å²) in [5.74, 6) is -4.60. The van der Waals surface area contributed by atoms with E-state index in [2.05, 4.69) is 0 Å². The Balaban J connectivity index is 2.29. The molecule has 2 rings (SSSR count). The van der Waals surface area contributed by atoms with Crippen molar-refractivity contribution in [3.05, 3.63) is 35.4 Å². The molecule has 1 fully saturated rings. The molecule has 1 N–H and O–H groups in total. The summed E-state index contributed by atoms with van der Waals surface area (Å²) in [6.07, 6.45) is 1.67. The summed E-state index contributed by atoms with van der Waals surface area (Å²) < 4.78 is 26.5. The second kappa shape index (κ2) is 5.69. The van der Waals surface area contributed by atoms with Crippen molar-refractivity contribution in [2.75, 3.05) is 0 Å². The Morgan fingerprint density at radius 2 is 1.90 bits per heavy atom. The number of benzene rings is 1. The van der Waals surface area contributed by atoms with Crippen molar-refractivity contribution in [1.29, 1.82) is 0 Å². The lowest BCUT2D eigenvalue weighted by Crippen LogP contribution is -2.26. The van der Waals surface area contributed by atoms with Gasteiger partial charge in [0, 0.05) is 12.0 Å². The van der Waals surface area contributed by atoms with Crippen molar-refractivity contribution >= 4 is 11.8 Å². The van der Waals surface area contributed by atoms with E-state index in [-0.39, 0.29) is 11.5 Å². The molecule has 0 aliphatic heterocycles. The number of aliphatic carboxylic acids is 1. The number of hydrogen-bond donors (Lipinski definition) is 1. The molecule has 0 heterocycles. The SMILES string of the molecule is CCC1CC(C(=O)O)C(C(=O)c2ccc(F)cc2F)C1. The van der Waals surface area contributed by atoms with Crippen LogP contribution in [0, 0.1) is 29.4 Å². The van der Waals surface area contributed by atoms with Crippen LogP contribution < -0.4 is 0 Å². The quantitative estimate of drug-likeness (QED) is 0.862. The van der Waals surface area contributed by atoms with Crippen molar-refractivity contribution < 1.29 is 23.5 Å². The van der Waals surface area contributed by atoms with Crippen molar-refractivity contribution in [1.82, 2.24) is 0 Å². The summed E-state index contributed by atoms with van der Waals surface area (Å²) in [6.45, 7) is 1.94. The number of halogens is 2. The second-order valence-electron chi connectivity index (χ2n) is 5.29. The molecular weight excluding hydrogens is 266 g/mol. The molecule has 5 heteroatoms. The molecule has 20 heavy (non-hydrogen) atoms. The van der Waals surface area contributed by atoms with E-state index < -0.39 is 35.2 Å². The zero-order valence-corrected chi connectivity index (χ0v) is 11.1. The Bertz CT molecular complexity index is 542. The van der Waals surface area contributed by atoms with Gasteiger partial charge in [0.15, 0.2) is 5.78 Å². The monoisotopic (exact) mass is 282 g/mol. The van der Waals surface area contributed by atoms with E-state index in [0.29, 0.717) is 18.9 Å². The van der Waals surface area contributed by atoms with E-state index in [1.54, 1.807) is 0 Å². The van der Waals surface area contributed by atoms with E-state index in [4.69, 9.17) is 0 Å². The van der Waals surface area contributed by atoms with Crippen LogP contribution in [-0.4, -0.2) is 16.9 Å². The highest BCUT2D eigenvalue weighted by atomic mass is 19.1. The fourth-order valence-corrected chi connectivity index (χ4v) is 2.93. The fourth-order valence-electron chi connectivity index (χ4n) is 2.93. The third kappa shape index (κ3) is 2.71. The molecular formula is C15H16F2O3. The highest BCUT2D eigenvalue weighted by molar-refractivity contribution is 6.00. The van der Waals surface area contributed by atoms with Gasteiger partial charge in [-0.3, -0.25) is 9.59 Å². The van der Waals surface area contributed by atoms with Gasteiger partial charge in [-0.2, -0.15) is 0 Å². The van der Waals surface area contributed by atoms with Gasteiger partial charge >= 0.3 is 5.97 Å². The summed E-state index contributed by atoms with van der Waals surface area (Å²) in [7, 11) is 0. The number of carbonyl (C=O) groups is 2. The molecule has 3 unspecified atom stereocenters. The van der Waals surface area contributed by atoms with Crippen LogP contribution in [0.4, 0.5) is 8.78 Å². The summed E-state index contributed by atoms with van der Waals surface area (Å²) in [6, 6.07) is 2.75. The van der Waals surface area contributed by atoms with E-state index >= 15 is 0 Å². The zero-order chi connectivity index (χ0) is 14.9. The van der Waals surface area contributed by atoms with Gasteiger partial charge in [0.05, 0.1) is 11.5 Å². The first kappa shape index (κ1) is 14.6. The second-order valence-corrected chi connectivity index (χ2v) is 5.29. The van der Waals surface area contributed by atoms with Crippen molar-refractivity contribution in [2.45, 2.75) is 26.2 Å². The van der Waals surface area contributed by atoms with Crippen LogP contribution in [0.25, 0.3) is 0 Å². The number of rotatable bonds is 4. The first-order valence-corrected chi connectivity index (χ1v) is 6.66. The Kier molecular flexibility index (Phi) is 4.16. The van der Waals surface area contributed by atoms with Gasteiger partial charge in [-0.1, -0.05) is 13.3 Å². The molecule has 0 bridgehead atoms. The van der Waals surface area contributed by atoms with Crippen LogP contribution in [-0.2, 0) is 4.79 Å². The highest BCUT2D eigenvalue weighted by Gasteiger charge is 2.42. The maximum Gasteiger partial charge on any atom is 0.307 e. The lowest BCUT2D eigenvalue weighted by molar-refractivity contribution is -0.142. The molecule has 0 saturated heterocycles. The molecule has 3 nitrogen and oxygen atoms in total. The molecule has 1 aliphatic carbocycles. The summed E-state index contributed by atoms with van der Waals surface area (Å²) in [5, 5.41) is 9.20. The lowest BCUT2D eigenvalue weighted by Gasteiger charge is -2.14. The van der Waals surface area contributed by atoms with Crippen LogP contribution in [0.2, 0.25) is 0 Å². The molecule has 3 atom stereocenters. The van der Waals surface area contributed by atoms with Crippen LogP contribution in [0.5, 0.6) is 0 Å². The largest absolute Gasteiger partial charge is 0.481 e. The van der Waals surface area contributed by atoms with Gasteiger partial charge < -0.3 is 5.11 Å². The summed E-state index contributed by atoms with van der Waals surface area (Å²) in [4.78, 5) is 23.6. The number of carbonyl (C=O) groups excluding carboxylic acids is 1. The third-order valence-corrected chi connectivity index (χ3v) is 4.09. The maximum absolute atomic E-state index is 13.7. The first-order valence-electron chi connectivity index (χ1n) is 6.66. The predicted molar refractivity (Wildman–Crippen MR) is 68.3 cm³/mol. The maximum atomic E-state index is 13.7. The Hall–Kier alpha value is -1.78. The van der Waals surface area contributed by atoms with Crippen molar-refractivity contribution in [3.63, 3.8) is 0 Å². The average molecular weight is 282 g/mol. The molecule has 1 saturated carbocycles. The number of Topliss-reactive ketones (excluding diaryl/α,β-unsaturated/α-hetero) is 1. The predicted octanol–water partition coefficient (Wildman–Crippen LogP) is 3.28. The minimum Gasteiger partial charge on any atom is -0.481 e. The van der Waals surface area contributed by atoms with Crippen molar-refractivity contribution in [3.8, 4) is 0 Å². The molecule has 0 radical (unpaired) electrons. The topological polar surface area (TPSA) is 54.4 Å². The average Bonchev–Trinajstić information content (AvgIpc) is 2.82. The van der Waals surface area contributed by atoms with Gasteiger partial charge in [0.25, 0.3) is 0 Å². The van der Waals surface area contributed by atoms with Gasteiger partial charge in [-0.05, 0) is 30.9 Å². The standard InChI is InChI=1S/C15H16F2O3/c1-2-8-5-11(12(6-8)15(19)20)14(18)10-4-3-9(16)7-13(10)17/h3-4,7-8,11-12H,2,5-6H2,1H3,(H,19,20). The Labute approximate surface area is 115 Å². The van der Waals surface area contributed by atoms with E-state index in [9.17, 15) is 23.5 Å². The zero-order valence-electron chi connectivity index (χ0n) is 11.1. The number of ketones is 1. The van der Waals surface area contributed by atoms with Gasteiger partial charge in [-0.15, -0.1) is 0 Å². The molecule has 108 valence electrons. The molecule has 1 aromatic rings. The highest BCUT2D eigenvalue weighted by Crippen LogP contribution is 2.40. The van der Waals surface area contributed by atoms with Crippen LogP contribution >= 0.6 is 0 Å². The molecule has 0 spiro atoms. The fraction of sp³-hybridized carbons (Fsp3) is 0.467. The smallest absolute Gasteiger partial charge is 0.307 e. The van der Waals surface area contributed by atoms with E-state index in [1.807, 2.05) is 6.92 Å². The molecule has 0 amide bonds. The van der Waals surface area contributed by atoms with E-state index in [1.165, 1.54) is 0 Å².